The molecule has 0 N–H and O–H groups in total. The van der Waals surface area contributed by atoms with Gasteiger partial charge >= 0.3 is 5.97 Å². The fourth-order valence-electron chi connectivity index (χ4n) is 1.75. The van der Waals surface area contributed by atoms with E-state index in [4.69, 9.17) is 10.7 Å². The second kappa shape index (κ2) is 4.46. The number of hydrogen-bond donors (Lipinski definition) is 0. The normalized spacial score (nSPS) is 11.8. The SMILES string of the molecule is COC(=O)c1c(S(=O)(=O)Cl)nn2c(C)cc(C)nc12. The average Bonchev–Trinajstić information content (AvgIpc) is 2.67. The van der Waals surface area contributed by atoms with Gasteiger partial charge in [-0.25, -0.2) is 22.7 Å². The van der Waals surface area contributed by atoms with E-state index in [-0.39, 0.29) is 11.2 Å². The van der Waals surface area contributed by atoms with Crippen molar-refractivity contribution < 1.29 is 17.9 Å². The fraction of sp³-hybridized carbons (Fsp3) is 0.300. The average molecular weight is 304 g/mol. The van der Waals surface area contributed by atoms with Crippen LogP contribution in [0, 0.1) is 13.8 Å². The lowest BCUT2D eigenvalue weighted by Crippen LogP contribution is -2.07. The first-order valence-electron chi connectivity index (χ1n) is 5.15. The Morgan fingerprint density at radius 2 is 2.05 bits per heavy atom. The zero-order chi connectivity index (χ0) is 14.4. The van der Waals surface area contributed by atoms with Gasteiger partial charge in [-0.1, -0.05) is 0 Å². The molecule has 0 bridgehead atoms. The van der Waals surface area contributed by atoms with Gasteiger partial charge in [-0.15, -0.1) is 0 Å². The number of carbonyl (C=O) groups excluding carboxylic acids is 1. The molecule has 2 aromatic heterocycles. The van der Waals surface area contributed by atoms with E-state index in [9.17, 15) is 13.2 Å². The Morgan fingerprint density at radius 3 is 2.58 bits per heavy atom. The van der Waals surface area contributed by atoms with Crippen LogP contribution in [0.15, 0.2) is 11.1 Å². The van der Waals surface area contributed by atoms with Crippen molar-refractivity contribution in [3.8, 4) is 0 Å². The van der Waals surface area contributed by atoms with Gasteiger partial charge in [0.25, 0.3) is 9.05 Å². The molecule has 102 valence electrons. The van der Waals surface area contributed by atoms with Crippen molar-refractivity contribution in [2.24, 2.45) is 0 Å². The molecule has 0 fully saturated rings. The summed E-state index contributed by atoms with van der Waals surface area (Å²) >= 11 is 0. The van der Waals surface area contributed by atoms with Crippen LogP contribution in [-0.2, 0) is 13.8 Å². The molecule has 0 saturated carbocycles. The van der Waals surface area contributed by atoms with Crippen molar-refractivity contribution in [1.82, 2.24) is 14.6 Å². The van der Waals surface area contributed by atoms with Gasteiger partial charge in [-0.05, 0) is 19.9 Å². The first kappa shape index (κ1) is 13.8. The number of carbonyl (C=O) groups is 1. The first-order valence-corrected chi connectivity index (χ1v) is 7.46. The van der Waals surface area contributed by atoms with Crippen LogP contribution in [-0.4, -0.2) is 36.1 Å². The monoisotopic (exact) mass is 303 g/mol. The molecule has 9 heteroatoms. The molecule has 7 nitrogen and oxygen atoms in total. The maximum absolute atomic E-state index is 11.7. The Bertz CT molecular complexity index is 782. The minimum absolute atomic E-state index is 0.101. The van der Waals surface area contributed by atoms with Crippen LogP contribution < -0.4 is 0 Å². The van der Waals surface area contributed by atoms with E-state index in [1.165, 1.54) is 4.52 Å². The van der Waals surface area contributed by atoms with E-state index < -0.39 is 20.0 Å². The van der Waals surface area contributed by atoms with E-state index >= 15 is 0 Å². The van der Waals surface area contributed by atoms with Crippen molar-refractivity contribution in [2.75, 3.05) is 7.11 Å². The first-order chi connectivity index (χ1) is 8.75. The number of methoxy groups -OCH3 is 1. The summed E-state index contributed by atoms with van der Waals surface area (Å²) in [5.74, 6) is -0.855. The standard InChI is InChI=1S/C10H10ClN3O4S/c1-5-4-6(2)14-8(12-5)7(10(15)18-3)9(13-14)19(11,16)17/h4H,1-3H3. The van der Waals surface area contributed by atoms with Crippen LogP contribution in [0.25, 0.3) is 5.65 Å². The Hall–Kier alpha value is -1.67. The van der Waals surface area contributed by atoms with Crippen LogP contribution in [0.2, 0.25) is 0 Å². The van der Waals surface area contributed by atoms with Gasteiger partial charge in [0.1, 0.15) is 5.56 Å². The molecule has 0 aromatic carbocycles. The quantitative estimate of drug-likeness (QED) is 0.608. The van der Waals surface area contributed by atoms with Crippen LogP contribution in [0.4, 0.5) is 0 Å². The second-order valence-electron chi connectivity index (χ2n) is 3.88. The summed E-state index contributed by atoms with van der Waals surface area (Å²) in [7, 11) is 2.25. The van der Waals surface area contributed by atoms with Crippen LogP contribution in [0.5, 0.6) is 0 Å². The minimum atomic E-state index is -4.18. The zero-order valence-corrected chi connectivity index (χ0v) is 11.9. The van der Waals surface area contributed by atoms with Gasteiger partial charge in [0, 0.05) is 22.1 Å². The molecule has 0 aliphatic carbocycles. The number of esters is 1. The van der Waals surface area contributed by atoms with Gasteiger partial charge in [-0.2, -0.15) is 5.10 Å². The highest BCUT2D eigenvalue weighted by molar-refractivity contribution is 8.13. The number of nitrogens with zero attached hydrogens (tertiary/aromatic N) is 3. The molecule has 2 rings (SSSR count). The van der Waals surface area contributed by atoms with E-state index in [1.54, 1.807) is 19.9 Å². The number of hydrogen-bond acceptors (Lipinski definition) is 6. The molecule has 0 amide bonds. The summed E-state index contributed by atoms with van der Waals surface area (Å²) in [6.07, 6.45) is 0. The lowest BCUT2D eigenvalue weighted by atomic mass is 10.3. The summed E-state index contributed by atoms with van der Waals surface area (Å²) in [4.78, 5) is 15.9. The number of aromatic nitrogens is 3. The maximum Gasteiger partial charge on any atom is 0.344 e. The summed E-state index contributed by atoms with van der Waals surface area (Å²) in [5.41, 5.74) is 1.08. The number of aryl methyl sites for hydroxylation is 2. The summed E-state index contributed by atoms with van der Waals surface area (Å²) in [5, 5.41) is 3.27. The third-order valence-corrected chi connectivity index (χ3v) is 3.67. The molecule has 0 saturated heterocycles. The molecule has 0 spiro atoms. The van der Waals surface area contributed by atoms with Gasteiger partial charge < -0.3 is 4.74 Å². The summed E-state index contributed by atoms with van der Waals surface area (Å²) in [6.45, 7) is 3.43. The minimum Gasteiger partial charge on any atom is -0.465 e. The lowest BCUT2D eigenvalue weighted by Gasteiger charge is -2.01. The predicted octanol–water partition coefficient (Wildman–Crippen LogP) is 1.06. The van der Waals surface area contributed by atoms with Gasteiger partial charge in [0.2, 0.25) is 5.03 Å². The third kappa shape index (κ3) is 2.28. The van der Waals surface area contributed by atoms with E-state index in [1.807, 2.05) is 0 Å². The Kier molecular flexibility index (Phi) is 3.23. The fourth-order valence-corrected chi connectivity index (χ4v) is 2.67. The number of rotatable bonds is 2. The van der Waals surface area contributed by atoms with Gasteiger partial charge in [0.05, 0.1) is 7.11 Å². The van der Waals surface area contributed by atoms with Crippen molar-refractivity contribution in [2.45, 2.75) is 18.9 Å². The number of halogens is 1. The van der Waals surface area contributed by atoms with Crippen molar-refractivity contribution >= 4 is 31.3 Å². The lowest BCUT2D eigenvalue weighted by molar-refractivity contribution is 0.0598. The van der Waals surface area contributed by atoms with Crippen molar-refractivity contribution in [1.29, 1.82) is 0 Å². The predicted molar refractivity (Wildman–Crippen MR) is 66.8 cm³/mol. The van der Waals surface area contributed by atoms with E-state index in [2.05, 4.69) is 14.8 Å². The molecule has 2 aromatic rings. The van der Waals surface area contributed by atoms with Crippen molar-refractivity contribution in [3.05, 3.63) is 23.0 Å². The highest BCUT2D eigenvalue weighted by Crippen LogP contribution is 2.24. The Labute approximate surface area is 113 Å². The molecule has 19 heavy (non-hydrogen) atoms. The largest absolute Gasteiger partial charge is 0.465 e. The van der Waals surface area contributed by atoms with E-state index in [0.29, 0.717) is 11.4 Å². The Morgan fingerprint density at radius 1 is 1.42 bits per heavy atom. The molecule has 0 radical (unpaired) electrons. The highest BCUT2D eigenvalue weighted by Gasteiger charge is 2.30. The van der Waals surface area contributed by atoms with Crippen molar-refractivity contribution in [3.63, 3.8) is 0 Å². The highest BCUT2D eigenvalue weighted by atomic mass is 35.7. The third-order valence-electron chi connectivity index (χ3n) is 2.48. The molecule has 0 aliphatic rings. The molecular weight excluding hydrogens is 294 g/mol. The molecule has 0 aliphatic heterocycles. The maximum atomic E-state index is 11.7. The van der Waals surface area contributed by atoms with Crippen LogP contribution in [0.1, 0.15) is 21.7 Å². The summed E-state index contributed by atoms with van der Waals surface area (Å²) < 4.78 is 28.8. The van der Waals surface area contributed by atoms with Crippen LogP contribution in [0.3, 0.4) is 0 Å². The number of ether oxygens (including phenoxy) is 1. The molecule has 0 atom stereocenters. The molecule has 0 unspecified atom stereocenters. The number of fused-ring (bicyclic) bond motifs is 1. The van der Waals surface area contributed by atoms with Gasteiger partial charge in [-0.3, -0.25) is 0 Å². The summed E-state index contributed by atoms with van der Waals surface area (Å²) in [6, 6.07) is 1.70. The van der Waals surface area contributed by atoms with Crippen LogP contribution >= 0.6 is 10.7 Å². The smallest absolute Gasteiger partial charge is 0.344 e. The van der Waals surface area contributed by atoms with Gasteiger partial charge in [0.15, 0.2) is 5.65 Å². The second-order valence-corrected chi connectivity index (χ2v) is 6.37. The zero-order valence-electron chi connectivity index (χ0n) is 10.3. The Balaban J connectivity index is 2.98. The molecular formula is C10H10ClN3O4S. The topological polar surface area (TPSA) is 90.6 Å². The van der Waals surface area contributed by atoms with E-state index in [0.717, 1.165) is 7.11 Å². The molecule has 2 heterocycles.